The molecule has 6 nitrogen and oxygen atoms in total. The molecule has 3 N–H and O–H groups in total. The maximum absolute atomic E-state index is 10.3. The van der Waals surface area contributed by atoms with Crippen LogP contribution in [0.25, 0.3) is 5.69 Å². The summed E-state index contributed by atoms with van der Waals surface area (Å²) in [5, 5.41) is 12.5. The SMILES string of the molecule is CCOc1cc2c(cc1OCC)-n1cccc1C(c1ccc(OC)c(O)c1)[NH2+]C2. The van der Waals surface area contributed by atoms with Gasteiger partial charge in [-0.05, 0) is 50.2 Å². The Morgan fingerprint density at radius 3 is 2.48 bits per heavy atom. The third-order valence-electron chi connectivity index (χ3n) is 5.24. The molecule has 152 valence electrons. The summed E-state index contributed by atoms with van der Waals surface area (Å²) < 4.78 is 19.1. The van der Waals surface area contributed by atoms with Crippen LogP contribution in [-0.4, -0.2) is 30.0 Å². The Balaban J connectivity index is 1.80. The third kappa shape index (κ3) is 3.51. The minimum atomic E-state index is 0.0419. The van der Waals surface area contributed by atoms with Gasteiger partial charge in [-0.25, -0.2) is 0 Å². The van der Waals surface area contributed by atoms with Crippen molar-refractivity contribution in [3.8, 4) is 28.7 Å². The van der Waals surface area contributed by atoms with Crippen LogP contribution in [0, 0.1) is 0 Å². The minimum Gasteiger partial charge on any atom is -0.504 e. The van der Waals surface area contributed by atoms with E-state index < -0.39 is 0 Å². The summed E-state index contributed by atoms with van der Waals surface area (Å²) in [5.41, 5.74) is 4.43. The Morgan fingerprint density at radius 2 is 1.79 bits per heavy atom. The highest BCUT2D eigenvalue weighted by atomic mass is 16.5. The fourth-order valence-corrected chi connectivity index (χ4v) is 3.96. The molecule has 0 bridgehead atoms. The fraction of sp³-hybridized carbons (Fsp3) is 0.304. The van der Waals surface area contributed by atoms with Gasteiger partial charge in [0.2, 0.25) is 0 Å². The van der Waals surface area contributed by atoms with Gasteiger partial charge in [0.15, 0.2) is 29.0 Å². The highest BCUT2D eigenvalue weighted by Gasteiger charge is 2.28. The first-order valence-corrected chi connectivity index (χ1v) is 9.96. The highest BCUT2D eigenvalue weighted by molar-refractivity contribution is 5.56. The van der Waals surface area contributed by atoms with Gasteiger partial charge in [0.25, 0.3) is 0 Å². The molecule has 1 atom stereocenters. The van der Waals surface area contributed by atoms with E-state index in [-0.39, 0.29) is 11.8 Å². The van der Waals surface area contributed by atoms with Gasteiger partial charge in [-0.2, -0.15) is 0 Å². The van der Waals surface area contributed by atoms with E-state index in [9.17, 15) is 5.11 Å². The van der Waals surface area contributed by atoms with Gasteiger partial charge in [0.05, 0.1) is 31.7 Å². The van der Waals surface area contributed by atoms with Crippen LogP contribution < -0.4 is 19.5 Å². The van der Waals surface area contributed by atoms with Crippen molar-refractivity contribution >= 4 is 0 Å². The van der Waals surface area contributed by atoms with Gasteiger partial charge in [-0.1, -0.05) is 0 Å². The van der Waals surface area contributed by atoms with E-state index in [2.05, 4.69) is 34.3 Å². The molecule has 0 radical (unpaired) electrons. The fourth-order valence-electron chi connectivity index (χ4n) is 3.96. The molecule has 1 aliphatic heterocycles. The Morgan fingerprint density at radius 1 is 1.03 bits per heavy atom. The molecule has 2 aromatic carbocycles. The molecule has 1 aromatic heterocycles. The summed E-state index contributed by atoms with van der Waals surface area (Å²) in [6, 6.07) is 14.0. The number of fused-ring (bicyclic) bond motifs is 3. The maximum atomic E-state index is 10.3. The standard InChI is InChI=1S/C23H26N2O4/c1-4-28-21-12-16-14-24-23(15-8-9-20(27-3)19(26)11-15)17-7-6-10-25(17)18(16)13-22(21)29-5-2/h6-13,23-24,26H,4-5,14H2,1-3H3/p+1. The normalized spacial score (nSPS) is 15.2. The van der Waals surface area contributed by atoms with E-state index in [0.717, 1.165) is 35.0 Å². The van der Waals surface area contributed by atoms with Gasteiger partial charge in [0, 0.05) is 23.4 Å². The second-order valence-electron chi connectivity index (χ2n) is 6.95. The minimum absolute atomic E-state index is 0.0419. The van der Waals surface area contributed by atoms with Gasteiger partial charge in [-0.3, -0.25) is 0 Å². The molecule has 2 heterocycles. The van der Waals surface area contributed by atoms with E-state index in [4.69, 9.17) is 14.2 Å². The van der Waals surface area contributed by atoms with Crippen molar-refractivity contribution < 1.29 is 24.6 Å². The number of phenolic OH excluding ortho intramolecular Hbond substituents is 1. The molecule has 4 rings (SSSR count). The van der Waals surface area contributed by atoms with Crippen molar-refractivity contribution in [2.75, 3.05) is 20.3 Å². The van der Waals surface area contributed by atoms with Crippen molar-refractivity contribution in [2.45, 2.75) is 26.4 Å². The van der Waals surface area contributed by atoms with E-state index in [1.54, 1.807) is 13.2 Å². The molecule has 1 aliphatic rings. The molecule has 1 unspecified atom stereocenters. The van der Waals surface area contributed by atoms with Crippen LogP contribution in [0.3, 0.4) is 0 Å². The van der Waals surface area contributed by atoms with E-state index in [1.807, 2.05) is 32.0 Å². The van der Waals surface area contributed by atoms with Crippen molar-refractivity contribution in [1.29, 1.82) is 0 Å². The molecule has 29 heavy (non-hydrogen) atoms. The van der Waals surface area contributed by atoms with Crippen molar-refractivity contribution in [2.24, 2.45) is 0 Å². The summed E-state index contributed by atoms with van der Waals surface area (Å²) in [4.78, 5) is 0. The number of rotatable bonds is 6. The Kier molecular flexibility index (Phi) is 5.36. The number of nitrogens with zero attached hydrogens (tertiary/aromatic N) is 1. The third-order valence-corrected chi connectivity index (χ3v) is 5.24. The van der Waals surface area contributed by atoms with Gasteiger partial charge in [0.1, 0.15) is 6.54 Å². The largest absolute Gasteiger partial charge is 0.504 e. The summed E-state index contributed by atoms with van der Waals surface area (Å²) >= 11 is 0. The molecule has 0 saturated heterocycles. The van der Waals surface area contributed by atoms with Crippen molar-refractivity contribution in [3.63, 3.8) is 0 Å². The zero-order valence-electron chi connectivity index (χ0n) is 17.0. The smallest absolute Gasteiger partial charge is 0.163 e. The molecule has 0 fully saturated rings. The number of quaternary nitrogens is 1. The number of aromatic nitrogens is 1. The Bertz CT molecular complexity index is 1010. The van der Waals surface area contributed by atoms with Gasteiger partial charge >= 0.3 is 0 Å². The molecular weight excluding hydrogens is 368 g/mol. The monoisotopic (exact) mass is 395 g/mol. The van der Waals surface area contributed by atoms with Gasteiger partial charge < -0.3 is 29.2 Å². The van der Waals surface area contributed by atoms with Crippen LogP contribution in [0.15, 0.2) is 48.7 Å². The average molecular weight is 395 g/mol. The number of hydrogen-bond acceptors (Lipinski definition) is 4. The first-order chi connectivity index (χ1) is 14.2. The lowest BCUT2D eigenvalue weighted by atomic mass is 10.0. The summed E-state index contributed by atoms with van der Waals surface area (Å²) in [7, 11) is 1.56. The van der Waals surface area contributed by atoms with Crippen LogP contribution in [0.4, 0.5) is 0 Å². The van der Waals surface area contributed by atoms with Crippen molar-refractivity contribution in [1.82, 2.24) is 4.57 Å². The number of benzene rings is 2. The topological polar surface area (TPSA) is 69.5 Å². The lowest BCUT2D eigenvalue weighted by Gasteiger charge is -2.16. The number of methoxy groups -OCH3 is 1. The van der Waals surface area contributed by atoms with E-state index >= 15 is 0 Å². The first-order valence-electron chi connectivity index (χ1n) is 9.96. The summed E-state index contributed by atoms with van der Waals surface area (Å²) in [6.45, 7) is 5.90. The highest BCUT2D eigenvalue weighted by Crippen LogP contribution is 2.37. The number of hydrogen-bond donors (Lipinski definition) is 2. The zero-order chi connectivity index (χ0) is 20.4. The second-order valence-corrected chi connectivity index (χ2v) is 6.95. The lowest BCUT2D eigenvalue weighted by Crippen LogP contribution is -2.83. The molecule has 3 aromatic rings. The molecule has 0 aliphatic carbocycles. The number of ether oxygens (including phenoxy) is 3. The molecule has 0 spiro atoms. The Labute approximate surface area is 170 Å². The molecular formula is C23H27N2O4+. The average Bonchev–Trinajstić information content (AvgIpc) is 3.14. The maximum Gasteiger partial charge on any atom is 0.163 e. The number of aromatic hydroxyl groups is 1. The Hall–Kier alpha value is -3.12. The summed E-state index contributed by atoms with van der Waals surface area (Å²) in [5.74, 6) is 2.16. The van der Waals surface area contributed by atoms with Gasteiger partial charge in [-0.15, -0.1) is 0 Å². The van der Waals surface area contributed by atoms with Crippen LogP contribution in [0.5, 0.6) is 23.0 Å². The quantitative estimate of drug-likeness (QED) is 0.673. The van der Waals surface area contributed by atoms with Crippen molar-refractivity contribution in [3.05, 3.63) is 65.5 Å². The summed E-state index contributed by atoms with van der Waals surface area (Å²) in [6.07, 6.45) is 2.07. The van der Waals surface area contributed by atoms with E-state index in [1.165, 1.54) is 5.56 Å². The van der Waals surface area contributed by atoms with Crippen LogP contribution in [-0.2, 0) is 6.54 Å². The second kappa shape index (κ2) is 8.09. The predicted octanol–water partition coefficient (Wildman–Crippen LogP) is 3.16. The molecule has 6 heteroatoms. The first kappa shape index (κ1) is 19.2. The molecule has 0 amide bonds. The number of nitrogens with two attached hydrogens (primary N) is 1. The van der Waals surface area contributed by atoms with Crippen LogP contribution >= 0.6 is 0 Å². The lowest BCUT2D eigenvalue weighted by molar-refractivity contribution is -0.702. The predicted molar refractivity (Wildman–Crippen MR) is 110 cm³/mol. The molecule has 0 saturated carbocycles. The van der Waals surface area contributed by atoms with E-state index in [0.29, 0.717) is 19.0 Å². The van der Waals surface area contributed by atoms with Crippen LogP contribution in [0.2, 0.25) is 0 Å². The zero-order valence-corrected chi connectivity index (χ0v) is 17.0. The van der Waals surface area contributed by atoms with Crippen LogP contribution in [0.1, 0.15) is 36.7 Å². The number of phenols is 1.